The number of aromatic nitrogens is 2. The molecule has 0 fully saturated rings. The summed E-state index contributed by atoms with van der Waals surface area (Å²) in [7, 11) is 0. The Labute approximate surface area is 200 Å². The molecule has 1 atom stereocenters. The lowest BCUT2D eigenvalue weighted by Crippen LogP contribution is -2.26. The number of amides is 1. The minimum absolute atomic E-state index is 0.0366. The van der Waals surface area contributed by atoms with Crippen LogP contribution < -0.4 is 10.9 Å². The monoisotopic (exact) mass is 475 g/mol. The molecule has 0 saturated heterocycles. The lowest BCUT2D eigenvalue weighted by molar-refractivity contribution is -0.118. The van der Waals surface area contributed by atoms with E-state index in [1.54, 1.807) is 15.9 Å². The van der Waals surface area contributed by atoms with Crippen LogP contribution in [-0.4, -0.2) is 21.2 Å². The molecule has 1 aliphatic rings. The van der Waals surface area contributed by atoms with Crippen LogP contribution in [0.5, 0.6) is 0 Å². The van der Waals surface area contributed by atoms with Crippen molar-refractivity contribution in [2.24, 2.45) is 5.92 Å². The molecule has 0 bridgehead atoms. The first kappa shape index (κ1) is 21.9. The van der Waals surface area contributed by atoms with Gasteiger partial charge in [-0.1, -0.05) is 67.2 Å². The summed E-state index contributed by atoms with van der Waals surface area (Å²) in [4.78, 5) is 33.2. The third kappa shape index (κ3) is 4.61. The van der Waals surface area contributed by atoms with Gasteiger partial charge >= 0.3 is 0 Å². The van der Waals surface area contributed by atoms with Gasteiger partial charge in [0.05, 0.1) is 16.8 Å². The van der Waals surface area contributed by atoms with E-state index in [0.717, 1.165) is 40.7 Å². The Morgan fingerprint density at radius 1 is 1.15 bits per heavy atom. The fourth-order valence-corrected chi connectivity index (χ4v) is 6.52. The highest BCUT2D eigenvalue weighted by atomic mass is 32.2. The van der Waals surface area contributed by atoms with E-state index in [0.29, 0.717) is 17.6 Å². The summed E-state index contributed by atoms with van der Waals surface area (Å²) in [5, 5.41) is 4.26. The largest absolute Gasteiger partial charge is 0.351 e. The number of carbonyl (C=O) groups excluding carboxylic acids is 1. The van der Waals surface area contributed by atoms with Crippen LogP contribution in [0.25, 0.3) is 15.9 Å². The van der Waals surface area contributed by atoms with Gasteiger partial charge in [0.2, 0.25) is 5.91 Å². The molecule has 4 aromatic rings. The highest BCUT2D eigenvalue weighted by Gasteiger charge is 2.25. The minimum atomic E-state index is -0.0860. The quantitative estimate of drug-likeness (QED) is 0.316. The summed E-state index contributed by atoms with van der Waals surface area (Å²) < 4.78 is 1.67. The van der Waals surface area contributed by atoms with Gasteiger partial charge in [0, 0.05) is 11.4 Å². The van der Waals surface area contributed by atoms with E-state index in [2.05, 4.69) is 12.2 Å². The third-order valence-electron chi connectivity index (χ3n) is 5.98. The van der Waals surface area contributed by atoms with Crippen LogP contribution in [-0.2, 0) is 24.2 Å². The van der Waals surface area contributed by atoms with Crippen molar-refractivity contribution in [3.05, 3.63) is 87.0 Å². The van der Waals surface area contributed by atoms with Crippen LogP contribution in [0.1, 0.15) is 29.3 Å². The number of para-hydroxylation sites is 1. The van der Waals surface area contributed by atoms with Crippen LogP contribution in [0.15, 0.2) is 70.6 Å². The molecule has 0 saturated carbocycles. The fourth-order valence-electron chi connectivity index (χ4n) is 4.25. The molecule has 33 heavy (non-hydrogen) atoms. The maximum Gasteiger partial charge on any atom is 0.267 e. The van der Waals surface area contributed by atoms with Crippen molar-refractivity contribution < 1.29 is 4.79 Å². The molecule has 2 aromatic heterocycles. The van der Waals surface area contributed by atoms with Gasteiger partial charge in [-0.25, -0.2) is 4.98 Å². The van der Waals surface area contributed by atoms with Gasteiger partial charge in [0.25, 0.3) is 5.56 Å². The molecule has 5 nitrogen and oxygen atoms in total. The second kappa shape index (κ2) is 9.53. The summed E-state index contributed by atoms with van der Waals surface area (Å²) in [5.41, 5.74) is 2.96. The lowest BCUT2D eigenvalue weighted by Gasteiger charge is -2.17. The molecule has 2 aromatic carbocycles. The standard InChI is InChI=1S/C26H25N3O2S2/c1-17-12-13-20-21(14-17)33-24-23(20)25(31)29(19-10-6-3-7-11-19)26(28-24)32-16-22(30)27-15-18-8-4-2-5-9-18/h2-11,17H,12-16H2,1H3,(H,27,30). The van der Waals surface area contributed by atoms with Crippen LogP contribution in [0.3, 0.4) is 0 Å². The molecule has 0 radical (unpaired) electrons. The SMILES string of the molecule is CC1CCc2c(sc3nc(SCC(=O)NCc4ccccc4)n(-c4ccccc4)c(=O)c23)C1. The van der Waals surface area contributed by atoms with Crippen molar-refractivity contribution in [2.45, 2.75) is 37.9 Å². The molecule has 5 rings (SSSR count). The summed E-state index contributed by atoms with van der Waals surface area (Å²) in [6.07, 6.45) is 3.03. The maximum atomic E-state index is 13.7. The molecule has 2 heterocycles. The van der Waals surface area contributed by atoms with Gasteiger partial charge in [0.15, 0.2) is 5.16 Å². The molecule has 0 aliphatic heterocycles. The zero-order valence-corrected chi connectivity index (χ0v) is 20.0. The Morgan fingerprint density at radius 2 is 1.88 bits per heavy atom. The van der Waals surface area contributed by atoms with E-state index in [1.165, 1.54) is 22.2 Å². The predicted molar refractivity (Wildman–Crippen MR) is 135 cm³/mol. The van der Waals surface area contributed by atoms with Gasteiger partial charge in [-0.05, 0) is 48.4 Å². The number of thiophene rings is 1. The number of nitrogens with one attached hydrogen (secondary N) is 1. The van der Waals surface area contributed by atoms with Crippen molar-refractivity contribution in [3.63, 3.8) is 0 Å². The lowest BCUT2D eigenvalue weighted by atomic mass is 9.89. The topological polar surface area (TPSA) is 64.0 Å². The summed E-state index contributed by atoms with van der Waals surface area (Å²) in [5.74, 6) is 0.737. The summed E-state index contributed by atoms with van der Waals surface area (Å²) >= 11 is 2.95. The Hall–Kier alpha value is -2.90. The van der Waals surface area contributed by atoms with Crippen LogP contribution in [0.2, 0.25) is 0 Å². The molecule has 1 aliphatic carbocycles. The Balaban J connectivity index is 1.47. The molecule has 1 unspecified atom stereocenters. The van der Waals surface area contributed by atoms with Gasteiger partial charge in [-0.2, -0.15) is 0 Å². The summed E-state index contributed by atoms with van der Waals surface area (Å²) in [6, 6.07) is 19.4. The predicted octanol–water partition coefficient (Wildman–Crippen LogP) is 4.98. The molecular formula is C26H25N3O2S2. The normalized spacial score (nSPS) is 15.4. The number of thioether (sulfide) groups is 1. The number of aryl methyl sites for hydroxylation is 1. The molecule has 1 amide bonds. The third-order valence-corrected chi connectivity index (χ3v) is 8.06. The van der Waals surface area contributed by atoms with Gasteiger partial charge in [-0.3, -0.25) is 14.2 Å². The highest BCUT2D eigenvalue weighted by molar-refractivity contribution is 7.99. The van der Waals surface area contributed by atoms with Crippen LogP contribution in [0, 0.1) is 5.92 Å². The van der Waals surface area contributed by atoms with Crippen molar-refractivity contribution in [1.29, 1.82) is 0 Å². The summed E-state index contributed by atoms with van der Waals surface area (Å²) in [6.45, 7) is 2.74. The number of hydrogen-bond donors (Lipinski definition) is 1. The van der Waals surface area contributed by atoms with Gasteiger partial charge < -0.3 is 5.32 Å². The number of hydrogen-bond acceptors (Lipinski definition) is 5. The molecular weight excluding hydrogens is 450 g/mol. The van der Waals surface area contributed by atoms with E-state index in [9.17, 15) is 9.59 Å². The first-order chi connectivity index (χ1) is 16.1. The van der Waals surface area contributed by atoms with E-state index in [1.807, 2.05) is 60.7 Å². The average molecular weight is 476 g/mol. The first-order valence-electron chi connectivity index (χ1n) is 11.2. The maximum absolute atomic E-state index is 13.7. The Morgan fingerprint density at radius 3 is 2.64 bits per heavy atom. The fraction of sp³-hybridized carbons (Fsp3) is 0.269. The number of carbonyl (C=O) groups is 1. The molecule has 168 valence electrons. The minimum Gasteiger partial charge on any atom is -0.351 e. The molecule has 7 heteroatoms. The van der Waals surface area contributed by atoms with E-state index >= 15 is 0 Å². The molecule has 1 N–H and O–H groups in total. The van der Waals surface area contributed by atoms with E-state index in [-0.39, 0.29) is 17.2 Å². The van der Waals surface area contributed by atoms with Gasteiger partial charge in [-0.15, -0.1) is 11.3 Å². The van der Waals surface area contributed by atoms with Crippen molar-refractivity contribution in [3.8, 4) is 5.69 Å². The Bertz CT molecular complexity index is 1350. The number of nitrogens with zero attached hydrogens (tertiary/aromatic N) is 2. The molecule has 0 spiro atoms. The van der Waals surface area contributed by atoms with Crippen molar-refractivity contribution in [1.82, 2.24) is 14.9 Å². The highest BCUT2D eigenvalue weighted by Crippen LogP contribution is 2.37. The van der Waals surface area contributed by atoms with E-state index in [4.69, 9.17) is 4.98 Å². The zero-order chi connectivity index (χ0) is 22.8. The second-order valence-electron chi connectivity index (χ2n) is 8.45. The van der Waals surface area contributed by atoms with E-state index < -0.39 is 0 Å². The second-order valence-corrected chi connectivity index (χ2v) is 10.5. The van der Waals surface area contributed by atoms with Gasteiger partial charge in [0.1, 0.15) is 4.83 Å². The first-order valence-corrected chi connectivity index (χ1v) is 13.0. The zero-order valence-electron chi connectivity index (χ0n) is 18.4. The van der Waals surface area contributed by atoms with Crippen LogP contribution in [0.4, 0.5) is 0 Å². The number of rotatable bonds is 6. The van der Waals surface area contributed by atoms with Crippen molar-refractivity contribution >= 4 is 39.2 Å². The smallest absolute Gasteiger partial charge is 0.267 e. The Kier molecular flexibility index (Phi) is 6.33. The average Bonchev–Trinajstić information content (AvgIpc) is 3.20. The van der Waals surface area contributed by atoms with Crippen molar-refractivity contribution in [2.75, 3.05) is 5.75 Å². The van der Waals surface area contributed by atoms with Crippen LogP contribution >= 0.6 is 23.1 Å². The number of fused-ring (bicyclic) bond motifs is 3. The number of benzene rings is 2.